The minimum Gasteiger partial charge on any atom is -0.490 e. The maximum Gasteiger partial charge on any atom is 0.311 e. The summed E-state index contributed by atoms with van der Waals surface area (Å²) in [7, 11) is 1.43. The Hall–Kier alpha value is -2.40. The summed E-state index contributed by atoms with van der Waals surface area (Å²) in [5.41, 5.74) is 2.02. The number of ether oxygens (including phenoxy) is 1. The SMILES string of the molecule is COc1ccc(CNCc2ccccc2)cc1[N+](=O)[O-]. The third-order valence-corrected chi connectivity index (χ3v) is 2.94. The molecule has 0 radical (unpaired) electrons. The van der Waals surface area contributed by atoms with Crippen molar-refractivity contribution in [3.63, 3.8) is 0 Å². The molecule has 0 aliphatic rings. The zero-order valence-electron chi connectivity index (χ0n) is 11.2. The van der Waals surface area contributed by atoms with Crippen LogP contribution in [-0.4, -0.2) is 12.0 Å². The predicted octanol–water partition coefficient (Wildman–Crippen LogP) is 2.89. The summed E-state index contributed by atoms with van der Waals surface area (Å²) < 4.78 is 4.97. The molecule has 0 heterocycles. The Morgan fingerprint density at radius 3 is 2.45 bits per heavy atom. The number of hydrogen-bond acceptors (Lipinski definition) is 4. The van der Waals surface area contributed by atoms with Gasteiger partial charge in [-0.05, 0) is 17.2 Å². The van der Waals surface area contributed by atoms with Crippen molar-refractivity contribution >= 4 is 5.69 Å². The van der Waals surface area contributed by atoms with Crippen molar-refractivity contribution in [2.75, 3.05) is 7.11 Å². The molecule has 5 heteroatoms. The fourth-order valence-corrected chi connectivity index (χ4v) is 1.94. The van der Waals surface area contributed by atoms with Crippen LogP contribution in [0.4, 0.5) is 5.69 Å². The summed E-state index contributed by atoms with van der Waals surface area (Å²) in [6.07, 6.45) is 0. The van der Waals surface area contributed by atoms with E-state index in [4.69, 9.17) is 4.74 Å². The second-order valence-electron chi connectivity index (χ2n) is 4.35. The van der Waals surface area contributed by atoms with Crippen molar-refractivity contribution in [2.24, 2.45) is 0 Å². The highest BCUT2D eigenvalue weighted by Crippen LogP contribution is 2.27. The van der Waals surface area contributed by atoms with Crippen molar-refractivity contribution in [1.29, 1.82) is 0 Å². The van der Waals surface area contributed by atoms with Crippen LogP contribution in [0, 0.1) is 10.1 Å². The van der Waals surface area contributed by atoms with Crippen molar-refractivity contribution in [3.05, 3.63) is 69.8 Å². The molecule has 2 rings (SSSR count). The van der Waals surface area contributed by atoms with Crippen LogP contribution in [0.2, 0.25) is 0 Å². The van der Waals surface area contributed by atoms with Crippen LogP contribution in [0.1, 0.15) is 11.1 Å². The van der Waals surface area contributed by atoms with Gasteiger partial charge < -0.3 is 10.1 Å². The quantitative estimate of drug-likeness (QED) is 0.648. The van der Waals surface area contributed by atoms with E-state index in [1.807, 2.05) is 36.4 Å². The number of rotatable bonds is 6. The molecule has 0 bridgehead atoms. The van der Waals surface area contributed by atoms with E-state index in [2.05, 4.69) is 5.32 Å². The second kappa shape index (κ2) is 6.68. The van der Waals surface area contributed by atoms with Crippen LogP contribution in [0.5, 0.6) is 5.75 Å². The molecule has 0 saturated carbocycles. The summed E-state index contributed by atoms with van der Waals surface area (Å²) in [6, 6.07) is 15.0. The zero-order chi connectivity index (χ0) is 14.4. The van der Waals surface area contributed by atoms with Gasteiger partial charge in [0.1, 0.15) is 0 Å². The van der Waals surface area contributed by atoms with Gasteiger partial charge in [0.2, 0.25) is 0 Å². The fraction of sp³-hybridized carbons (Fsp3) is 0.200. The predicted molar refractivity (Wildman–Crippen MR) is 76.6 cm³/mol. The minimum atomic E-state index is -0.431. The molecule has 0 atom stereocenters. The zero-order valence-corrected chi connectivity index (χ0v) is 11.2. The molecule has 0 amide bonds. The molecular weight excluding hydrogens is 256 g/mol. The van der Waals surface area contributed by atoms with E-state index in [0.717, 1.165) is 12.1 Å². The van der Waals surface area contributed by atoms with Crippen molar-refractivity contribution in [1.82, 2.24) is 5.32 Å². The molecule has 0 aromatic heterocycles. The smallest absolute Gasteiger partial charge is 0.311 e. The Morgan fingerprint density at radius 2 is 1.80 bits per heavy atom. The van der Waals surface area contributed by atoms with Gasteiger partial charge in [0.25, 0.3) is 0 Å². The van der Waals surface area contributed by atoms with E-state index in [1.165, 1.54) is 18.7 Å². The number of nitrogens with one attached hydrogen (secondary N) is 1. The van der Waals surface area contributed by atoms with E-state index < -0.39 is 4.92 Å². The summed E-state index contributed by atoms with van der Waals surface area (Å²) in [5, 5.41) is 14.2. The fourth-order valence-electron chi connectivity index (χ4n) is 1.94. The number of nitro groups is 1. The molecule has 1 N–H and O–H groups in total. The molecule has 5 nitrogen and oxygen atoms in total. The second-order valence-corrected chi connectivity index (χ2v) is 4.35. The summed E-state index contributed by atoms with van der Waals surface area (Å²) in [5.74, 6) is 0.279. The molecule has 0 spiro atoms. The molecule has 2 aromatic rings. The van der Waals surface area contributed by atoms with Gasteiger partial charge in [0.15, 0.2) is 5.75 Å². The van der Waals surface area contributed by atoms with Gasteiger partial charge >= 0.3 is 5.69 Å². The van der Waals surface area contributed by atoms with Crippen LogP contribution in [0.15, 0.2) is 48.5 Å². The van der Waals surface area contributed by atoms with Crippen molar-refractivity contribution < 1.29 is 9.66 Å². The maximum atomic E-state index is 10.9. The number of methoxy groups -OCH3 is 1. The van der Waals surface area contributed by atoms with Crippen LogP contribution in [0.25, 0.3) is 0 Å². The third kappa shape index (κ3) is 3.55. The van der Waals surface area contributed by atoms with Gasteiger partial charge in [-0.3, -0.25) is 10.1 Å². The Kier molecular flexibility index (Phi) is 4.68. The first-order valence-electron chi connectivity index (χ1n) is 6.26. The average molecular weight is 272 g/mol. The Bertz CT molecular complexity index is 585. The van der Waals surface area contributed by atoms with Crippen molar-refractivity contribution in [3.8, 4) is 5.75 Å². The van der Waals surface area contributed by atoms with Crippen LogP contribution < -0.4 is 10.1 Å². The lowest BCUT2D eigenvalue weighted by Gasteiger charge is -2.07. The molecule has 0 fully saturated rings. The number of benzene rings is 2. The third-order valence-electron chi connectivity index (χ3n) is 2.94. The number of hydrogen-bond donors (Lipinski definition) is 1. The lowest BCUT2D eigenvalue weighted by molar-refractivity contribution is -0.385. The largest absolute Gasteiger partial charge is 0.490 e. The molecule has 20 heavy (non-hydrogen) atoms. The molecule has 0 unspecified atom stereocenters. The Labute approximate surface area is 117 Å². The van der Waals surface area contributed by atoms with Crippen LogP contribution >= 0.6 is 0 Å². The Morgan fingerprint density at radius 1 is 1.10 bits per heavy atom. The Balaban J connectivity index is 1.99. The summed E-state index contributed by atoms with van der Waals surface area (Å²) in [4.78, 5) is 10.5. The topological polar surface area (TPSA) is 64.4 Å². The highest BCUT2D eigenvalue weighted by Gasteiger charge is 2.14. The van der Waals surface area contributed by atoms with Crippen molar-refractivity contribution in [2.45, 2.75) is 13.1 Å². The van der Waals surface area contributed by atoms with E-state index >= 15 is 0 Å². The highest BCUT2D eigenvalue weighted by atomic mass is 16.6. The average Bonchev–Trinajstić information content (AvgIpc) is 2.48. The van der Waals surface area contributed by atoms with Gasteiger partial charge in [-0.2, -0.15) is 0 Å². The normalized spacial score (nSPS) is 10.2. The van der Waals surface area contributed by atoms with E-state index in [-0.39, 0.29) is 11.4 Å². The van der Waals surface area contributed by atoms with Crippen LogP contribution in [-0.2, 0) is 13.1 Å². The van der Waals surface area contributed by atoms with E-state index in [9.17, 15) is 10.1 Å². The van der Waals surface area contributed by atoms with Gasteiger partial charge in [-0.15, -0.1) is 0 Å². The highest BCUT2D eigenvalue weighted by molar-refractivity contribution is 5.48. The standard InChI is InChI=1S/C15H16N2O3/c1-20-15-8-7-13(9-14(15)17(18)19)11-16-10-12-5-3-2-4-6-12/h2-9,16H,10-11H2,1H3. The molecule has 2 aromatic carbocycles. The minimum absolute atomic E-state index is 0.00786. The van der Waals surface area contributed by atoms with E-state index in [1.54, 1.807) is 6.07 Å². The first-order valence-corrected chi connectivity index (χ1v) is 6.26. The molecule has 104 valence electrons. The van der Waals surface area contributed by atoms with Gasteiger partial charge in [-0.1, -0.05) is 36.4 Å². The van der Waals surface area contributed by atoms with Gasteiger partial charge in [0.05, 0.1) is 12.0 Å². The monoisotopic (exact) mass is 272 g/mol. The first kappa shape index (κ1) is 14.0. The first-order chi connectivity index (χ1) is 9.70. The number of nitrogens with zero attached hydrogens (tertiary/aromatic N) is 1. The summed E-state index contributed by atoms with van der Waals surface area (Å²) in [6.45, 7) is 1.29. The van der Waals surface area contributed by atoms with Crippen LogP contribution in [0.3, 0.4) is 0 Å². The number of nitro benzene ring substituents is 1. The summed E-state index contributed by atoms with van der Waals surface area (Å²) >= 11 is 0. The van der Waals surface area contributed by atoms with E-state index in [0.29, 0.717) is 6.54 Å². The molecule has 0 aliphatic heterocycles. The van der Waals surface area contributed by atoms with Gasteiger partial charge in [-0.25, -0.2) is 0 Å². The lowest BCUT2D eigenvalue weighted by Crippen LogP contribution is -2.12. The molecule has 0 saturated heterocycles. The molecular formula is C15H16N2O3. The maximum absolute atomic E-state index is 10.9. The molecule has 0 aliphatic carbocycles. The van der Waals surface area contributed by atoms with Gasteiger partial charge in [0, 0.05) is 19.2 Å². The lowest BCUT2D eigenvalue weighted by atomic mass is 10.1.